The molecule has 2 N–H and O–H groups in total. The molecule has 9 heteroatoms. The molecule has 1 heterocycles. The number of nitrogens with zero attached hydrogens (tertiary/aromatic N) is 1. The smallest absolute Gasteiger partial charge is 0.253 e. The zero-order valence-corrected chi connectivity index (χ0v) is 15.1. The summed E-state index contributed by atoms with van der Waals surface area (Å²) in [5, 5.41) is 5.38. The number of carbonyl (C=O) groups excluding carboxylic acids is 2. The number of ether oxygens (including phenoxy) is 1. The highest BCUT2D eigenvalue weighted by Gasteiger charge is 2.19. The highest BCUT2D eigenvalue weighted by Crippen LogP contribution is 2.16. The van der Waals surface area contributed by atoms with Gasteiger partial charge in [-0.25, -0.2) is 8.42 Å². The summed E-state index contributed by atoms with van der Waals surface area (Å²) in [6, 6.07) is 6.58. The topological polar surface area (TPSA) is 105 Å². The zero-order valence-electron chi connectivity index (χ0n) is 14.3. The number of carbonyl (C=O) groups is 2. The number of para-hydroxylation sites is 1. The van der Waals surface area contributed by atoms with Gasteiger partial charge >= 0.3 is 0 Å². The van der Waals surface area contributed by atoms with Crippen molar-refractivity contribution in [2.45, 2.75) is 18.9 Å². The van der Waals surface area contributed by atoms with E-state index in [1.54, 1.807) is 24.3 Å². The molecule has 1 saturated heterocycles. The second-order valence-corrected chi connectivity index (χ2v) is 8.05. The lowest BCUT2D eigenvalue weighted by Crippen LogP contribution is -2.35. The highest BCUT2D eigenvalue weighted by atomic mass is 32.2. The van der Waals surface area contributed by atoms with Gasteiger partial charge in [-0.15, -0.1) is 0 Å². The Morgan fingerprint density at radius 1 is 1.32 bits per heavy atom. The van der Waals surface area contributed by atoms with Crippen LogP contribution >= 0.6 is 0 Å². The molecule has 0 radical (unpaired) electrons. The largest absolute Gasteiger partial charge is 0.376 e. The van der Waals surface area contributed by atoms with Gasteiger partial charge in [0, 0.05) is 20.2 Å². The van der Waals surface area contributed by atoms with E-state index in [-0.39, 0.29) is 18.6 Å². The van der Waals surface area contributed by atoms with E-state index in [0.29, 0.717) is 24.4 Å². The highest BCUT2D eigenvalue weighted by molar-refractivity contribution is 7.88. The standard InChI is InChI=1S/C16H23N3O5S/c1-19(25(2,22)23)11-15(20)18-14-8-4-3-7-13(14)16(21)17-10-12-6-5-9-24-12/h3-4,7-8,12H,5-6,9-11H2,1-2H3,(H,17,21)(H,18,20). The van der Waals surface area contributed by atoms with E-state index in [9.17, 15) is 18.0 Å². The van der Waals surface area contributed by atoms with Gasteiger partial charge in [0.1, 0.15) is 0 Å². The normalized spacial score (nSPS) is 17.5. The van der Waals surface area contributed by atoms with Crippen LogP contribution in [0.2, 0.25) is 0 Å². The molecule has 1 aromatic rings. The van der Waals surface area contributed by atoms with Crippen LogP contribution in [-0.4, -0.2) is 63.6 Å². The Bertz CT molecular complexity index is 729. The third-order valence-electron chi connectivity index (χ3n) is 3.89. The van der Waals surface area contributed by atoms with Crippen LogP contribution in [0.4, 0.5) is 5.69 Å². The number of sulfonamides is 1. The summed E-state index contributed by atoms with van der Waals surface area (Å²) in [5.41, 5.74) is 0.648. The van der Waals surface area contributed by atoms with E-state index in [1.165, 1.54) is 7.05 Å². The van der Waals surface area contributed by atoms with Gasteiger partial charge in [-0.1, -0.05) is 12.1 Å². The molecule has 1 aliphatic rings. The first-order valence-electron chi connectivity index (χ1n) is 7.97. The average molecular weight is 369 g/mol. The fraction of sp³-hybridized carbons (Fsp3) is 0.500. The molecule has 1 atom stereocenters. The first-order chi connectivity index (χ1) is 11.8. The summed E-state index contributed by atoms with van der Waals surface area (Å²) >= 11 is 0. The van der Waals surface area contributed by atoms with Crippen LogP contribution < -0.4 is 10.6 Å². The summed E-state index contributed by atoms with van der Waals surface area (Å²) in [6.45, 7) is 0.795. The van der Waals surface area contributed by atoms with E-state index >= 15 is 0 Å². The third-order valence-corrected chi connectivity index (χ3v) is 5.15. The quantitative estimate of drug-likeness (QED) is 0.725. The fourth-order valence-corrected chi connectivity index (χ4v) is 2.76. The van der Waals surface area contributed by atoms with E-state index in [4.69, 9.17) is 4.74 Å². The lowest BCUT2D eigenvalue weighted by atomic mass is 10.1. The lowest BCUT2D eigenvalue weighted by molar-refractivity contribution is -0.116. The molecule has 8 nitrogen and oxygen atoms in total. The molecule has 0 saturated carbocycles. The molecule has 1 aliphatic heterocycles. The van der Waals surface area contributed by atoms with E-state index in [1.807, 2.05) is 0 Å². The van der Waals surface area contributed by atoms with Gasteiger partial charge in [-0.05, 0) is 25.0 Å². The minimum Gasteiger partial charge on any atom is -0.376 e. The number of anilines is 1. The van der Waals surface area contributed by atoms with Crippen LogP contribution in [0, 0.1) is 0 Å². The summed E-state index contributed by atoms with van der Waals surface area (Å²) in [4.78, 5) is 24.4. The van der Waals surface area contributed by atoms with Crippen LogP contribution in [-0.2, 0) is 19.6 Å². The molecular formula is C16H23N3O5S. The van der Waals surface area contributed by atoms with Crippen molar-refractivity contribution in [1.29, 1.82) is 0 Å². The second kappa shape index (κ2) is 8.41. The van der Waals surface area contributed by atoms with Crippen molar-refractivity contribution in [3.05, 3.63) is 29.8 Å². The average Bonchev–Trinajstić information content (AvgIpc) is 3.05. The van der Waals surface area contributed by atoms with Crippen molar-refractivity contribution in [3.63, 3.8) is 0 Å². The second-order valence-electron chi connectivity index (χ2n) is 5.96. The van der Waals surface area contributed by atoms with E-state index in [0.717, 1.165) is 23.4 Å². The Morgan fingerprint density at radius 3 is 2.68 bits per heavy atom. The number of hydrogen-bond donors (Lipinski definition) is 2. The Morgan fingerprint density at radius 2 is 2.04 bits per heavy atom. The van der Waals surface area contributed by atoms with Gasteiger partial charge in [0.2, 0.25) is 15.9 Å². The number of likely N-dealkylation sites (N-methyl/N-ethyl adjacent to an activating group) is 1. The molecule has 1 unspecified atom stereocenters. The molecule has 1 aromatic carbocycles. The minimum absolute atomic E-state index is 0.0223. The summed E-state index contributed by atoms with van der Waals surface area (Å²) in [7, 11) is -2.14. The molecule has 138 valence electrons. The molecule has 1 fully saturated rings. The van der Waals surface area contributed by atoms with Crippen molar-refractivity contribution in [3.8, 4) is 0 Å². The number of nitrogens with one attached hydrogen (secondary N) is 2. The first kappa shape index (κ1) is 19.4. The molecule has 0 aliphatic carbocycles. The predicted octanol–water partition coefficient (Wildman–Crippen LogP) is 0.425. The van der Waals surface area contributed by atoms with Crippen LogP contribution in [0.5, 0.6) is 0 Å². The molecule has 2 amide bonds. The van der Waals surface area contributed by atoms with Gasteiger partial charge in [-0.2, -0.15) is 4.31 Å². The van der Waals surface area contributed by atoms with Crippen molar-refractivity contribution in [1.82, 2.24) is 9.62 Å². The van der Waals surface area contributed by atoms with Gasteiger partial charge in [0.05, 0.1) is 30.2 Å². The first-order valence-corrected chi connectivity index (χ1v) is 9.82. The van der Waals surface area contributed by atoms with Crippen molar-refractivity contribution < 1.29 is 22.7 Å². The number of amides is 2. The summed E-state index contributed by atoms with van der Waals surface area (Å²) in [6.07, 6.45) is 2.94. The van der Waals surface area contributed by atoms with Crippen LogP contribution in [0.15, 0.2) is 24.3 Å². The van der Waals surface area contributed by atoms with Gasteiger partial charge in [-0.3, -0.25) is 9.59 Å². The van der Waals surface area contributed by atoms with E-state index in [2.05, 4.69) is 10.6 Å². The molecule has 25 heavy (non-hydrogen) atoms. The van der Waals surface area contributed by atoms with Crippen molar-refractivity contribution >= 4 is 27.5 Å². The van der Waals surface area contributed by atoms with Gasteiger partial charge in [0.25, 0.3) is 5.91 Å². The van der Waals surface area contributed by atoms with Crippen molar-refractivity contribution in [2.75, 3.05) is 38.3 Å². The van der Waals surface area contributed by atoms with Crippen LogP contribution in [0.1, 0.15) is 23.2 Å². The Labute approximate surface area is 147 Å². The summed E-state index contributed by atoms with van der Waals surface area (Å²) < 4.78 is 29.1. The summed E-state index contributed by atoms with van der Waals surface area (Å²) in [5.74, 6) is -0.838. The monoisotopic (exact) mass is 369 g/mol. The maximum Gasteiger partial charge on any atom is 0.253 e. The Hall–Kier alpha value is -1.97. The maximum absolute atomic E-state index is 12.4. The molecular weight excluding hydrogens is 346 g/mol. The zero-order chi connectivity index (χ0) is 18.4. The third kappa shape index (κ3) is 5.80. The molecule has 0 aromatic heterocycles. The van der Waals surface area contributed by atoms with Crippen LogP contribution in [0.25, 0.3) is 0 Å². The van der Waals surface area contributed by atoms with Gasteiger partial charge in [0.15, 0.2) is 0 Å². The van der Waals surface area contributed by atoms with Crippen LogP contribution in [0.3, 0.4) is 0 Å². The van der Waals surface area contributed by atoms with Crippen molar-refractivity contribution in [2.24, 2.45) is 0 Å². The number of rotatable bonds is 7. The lowest BCUT2D eigenvalue weighted by Gasteiger charge is -2.16. The van der Waals surface area contributed by atoms with E-state index < -0.39 is 15.9 Å². The SMILES string of the molecule is CN(CC(=O)Nc1ccccc1C(=O)NCC1CCCO1)S(C)(=O)=O. The molecule has 0 spiro atoms. The minimum atomic E-state index is -3.46. The fourth-order valence-electron chi connectivity index (χ4n) is 2.41. The Balaban J connectivity index is 1.99. The molecule has 2 rings (SSSR count). The maximum atomic E-state index is 12.4. The Kier molecular flexibility index (Phi) is 6.51. The van der Waals surface area contributed by atoms with Gasteiger partial charge < -0.3 is 15.4 Å². The molecule has 0 bridgehead atoms. The predicted molar refractivity (Wildman–Crippen MR) is 93.9 cm³/mol. The number of benzene rings is 1. The number of hydrogen-bond acceptors (Lipinski definition) is 5.